The molecule has 2 amide bonds. The number of benzene rings is 1. The van der Waals surface area contributed by atoms with Gasteiger partial charge in [0.25, 0.3) is 5.91 Å². The van der Waals surface area contributed by atoms with Crippen LogP contribution in [0, 0.1) is 6.92 Å². The molecule has 0 spiro atoms. The number of carbonyl (C=O) groups excluding carboxylic acids is 2. The van der Waals surface area contributed by atoms with Gasteiger partial charge in [-0.1, -0.05) is 42.7 Å². The first kappa shape index (κ1) is 20.0. The van der Waals surface area contributed by atoms with Crippen LogP contribution >= 0.6 is 0 Å². The normalized spacial score (nSPS) is 15.1. The van der Waals surface area contributed by atoms with E-state index in [0.717, 1.165) is 36.8 Å². The highest BCUT2D eigenvalue weighted by Gasteiger charge is 2.35. The van der Waals surface area contributed by atoms with E-state index >= 15 is 0 Å². The summed E-state index contributed by atoms with van der Waals surface area (Å²) in [5, 5.41) is 3.16. The lowest BCUT2D eigenvalue weighted by atomic mass is 10.0. The first-order valence-corrected chi connectivity index (χ1v) is 10.4. The molecule has 0 unspecified atom stereocenters. The Balaban J connectivity index is 1.71. The Morgan fingerprint density at radius 1 is 1.03 bits per heavy atom. The Morgan fingerprint density at radius 2 is 1.73 bits per heavy atom. The second-order valence-electron chi connectivity index (χ2n) is 7.79. The molecule has 1 N–H and O–H groups in total. The van der Waals surface area contributed by atoms with E-state index in [4.69, 9.17) is 8.83 Å². The summed E-state index contributed by atoms with van der Waals surface area (Å²) in [6.45, 7) is 2.15. The quantitative estimate of drug-likeness (QED) is 0.621. The molecule has 0 bridgehead atoms. The summed E-state index contributed by atoms with van der Waals surface area (Å²) >= 11 is 0. The Bertz CT molecular complexity index is 955. The summed E-state index contributed by atoms with van der Waals surface area (Å²) in [5.74, 6) is 0.244. The van der Waals surface area contributed by atoms with Crippen LogP contribution in [0.15, 0.2) is 69.9 Å². The summed E-state index contributed by atoms with van der Waals surface area (Å²) in [4.78, 5) is 28.3. The van der Waals surface area contributed by atoms with Gasteiger partial charge in [-0.15, -0.1) is 0 Å². The van der Waals surface area contributed by atoms with Crippen molar-refractivity contribution in [1.29, 1.82) is 0 Å². The number of carbonyl (C=O) groups is 2. The second-order valence-corrected chi connectivity index (χ2v) is 7.79. The number of hydrogen-bond acceptors (Lipinski definition) is 4. The van der Waals surface area contributed by atoms with Crippen molar-refractivity contribution in [2.45, 2.75) is 51.2 Å². The summed E-state index contributed by atoms with van der Waals surface area (Å²) < 4.78 is 10.9. The van der Waals surface area contributed by atoms with E-state index < -0.39 is 6.04 Å². The van der Waals surface area contributed by atoms with Crippen molar-refractivity contribution in [1.82, 2.24) is 10.2 Å². The first-order valence-electron chi connectivity index (χ1n) is 10.4. The van der Waals surface area contributed by atoms with Gasteiger partial charge in [0.2, 0.25) is 5.91 Å². The summed E-state index contributed by atoms with van der Waals surface area (Å²) in [6.07, 6.45) is 7.18. The fourth-order valence-corrected chi connectivity index (χ4v) is 3.96. The van der Waals surface area contributed by atoms with E-state index in [1.807, 2.05) is 31.2 Å². The molecule has 1 aliphatic rings. The van der Waals surface area contributed by atoms with Crippen LogP contribution in [-0.2, 0) is 11.3 Å². The van der Waals surface area contributed by atoms with Crippen LogP contribution in [0.1, 0.15) is 59.2 Å². The minimum absolute atomic E-state index is 0.148. The number of nitrogens with one attached hydrogen (secondary N) is 1. The summed E-state index contributed by atoms with van der Waals surface area (Å²) in [7, 11) is 0. The topological polar surface area (TPSA) is 75.7 Å². The van der Waals surface area contributed by atoms with Crippen molar-refractivity contribution in [2.24, 2.45) is 0 Å². The standard InChI is InChI=1S/C24H26N2O4/c1-17-10-12-18(13-11-17)22(23(27)25-19-6-2-3-7-19)26(16-20-8-4-14-29-20)24(28)21-9-5-15-30-21/h4-5,8-15,19,22H,2-3,6-7,16H2,1H3,(H,25,27)/t22-/m0/s1. The van der Waals surface area contributed by atoms with Gasteiger partial charge >= 0.3 is 0 Å². The molecule has 1 saturated carbocycles. The van der Waals surface area contributed by atoms with Crippen LogP contribution in [0.5, 0.6) is 0 Å². The molecule has 6 heteroatoms. The number of aryl methyl sites for hydroxylation is 1. The number of amides is 2. The van der Waals surface area contributed by atoms with Crippen molar-refractivity contribution in [3.8, 4) is 0 Å². The zero-order valence-electron chi connectivity index (χ0n) is 17.0. The lowest BCUT2D eigenvalue weighted by Gasteiger charge is -2.31. The molecule has 4 rings (SSSR count). The lowest BCUT2D eigenvalue weighted by molar-refractivity contribution is -0.126. The number of nitrogens with zero attached hydrogens (tertiary/aromatic N) is 1. The minimum atomic E-state index is -0.797. The maximum Gasteiger partial charge on any atom is 0.290 e. The Hall–Kier alpha value is -3.28. The Labute approximate surface area is 175 Å². The van der Waals surface area contributed by atoms with Gasteiger partial charge in [0.15, 0.2) is 5.76 Å². The average molecular weight is 406 g/mol. The van der Waals surface area contributed by atoms with E-state index in [2.05, 4.69) is 5.32 Å². The van der Waals surface area contributed by atoms with E-state index in [1.165, 1.54) is 11.2 Å². The number of furan rings is 2. The Morgan fingerprint density at radius 3 is 2.37 bits per heavy atom. The molecule has 2 heterocycles. The first-order chi connectivity index (χ1) is 14.6. The highest BCUT2D eigenvalue weighted by molar-refractivity contribution is 5.96. The highest BCUT2D eigenvalue weighted by atomic mass is 16.3. The predicted octanol–water partition coefficient (Wildman–Crippen LogP) is 4.62. The van der Waals surface area contributed by atoms with E-state index in [9.17, 15) is 9.59 Å². The van der Waals surface area contributed by atoms with Crippen molar-refractivity contribution < 1.29 is 18.4 Å². The molecule has 30 heavy (non-hydrogen) atoms. The van der Waals surface area contributed by atoms with Crippen molar-refractivity contribution in [3.05, 3.63) is 83.7 Å². The minimum Gasteiger partial charge on any atom is -0.467 e. The maximum atomic E-state index is 13.5. The van der Waals surface area contributed by atoms with Gasteiger partial charge in [0.1, 0.15) is 11.8 Å². The SMILES string of the molecule is Cc1ccc([C@@H](C(=O)NC2CCCC2)N(Cc2ccco2)C(=O)c2ccco2)cc1. The summed E-state index contributed by atoms with van der Waals surface area (Å²) in [6, 6.07) is 13.9. The molecule has 0 saturated heterocycles. The van der Waals surface area contributed by atoms with Gasteiger partial charge in [-0.05, 0) is 49.6 Å². The molecule has 6 nitrogen and oxygen atoms in total. The van der Waals surface area contributed by atoms with Gasteiger partial charge in [-0.3, -0.25) is 9.59 Å². The molecule has 1 aromatic carbocycles. The zero-order valence-corrected chi connectivity index (χ0v) is 17.0. The summed E-state index contributed by atoms with van der Waals surface area (Å²) in [5.41, 5.74) is 1.84. The lowest BCUT2D eigenvalue weighted by Crippen LogP contribution is -2.45. The third-order valence-electron chi connectivity index (χ3n) is 5.55. The van der Waals surface area contributed by atoms with Gasteiger partial charge in [-0.2, -0.15) is 0 Å². The Kier molecular flexibility index (Phi) is 6.02. The van der Waals surface area contributed by atoms with Crippen LogP contribution in [0.4, 0.5) is 0 Å². The molecule has 1 aliphatic carbocycles. The van der Waals surface area contributed by atoms with Crippen LogP contribution in [0.3, 0.4) is 0 Å². The van der Waals surface area contributed by atoms with Crippen LogP contribution < -0.4 is 5.32 Å². The smallest absolute Gasteiger partial charge is 0.290 e. The predicted molar refractivity (Wildman–Crippen MR) is 112 cm³/mol. The third kappa shape index (κ3) is 4.48. The van der Waals surface area contributed by atoms with Crippen LogP contribution in [0.25, 0.3) is 0 Å². The average Bonchev–Trinajstić information content (AvgIpc) is 3.52. The molecule has 2 aromatic heterocycles. The van der Waals surface area contributed by atoms with E-state index in [1.54, 1.807) is 30.5 Å². The van der Waals surface area contributed by atoms with Crippen LogP contribution in [0.2, 0.25) is 0 Å². The molecule has 0 radical (unpaired) electrons. The van der Waals surface area contributed by atoms with Gasteiger partial charge in [0, 0.05) is 6.04 Å². The van der Waals surface area contributed by atoms with Crippen molar-refractivity contribution >= 4 is 11.8 Å². The fraction of sp³-hybridized carbons (Fsp3) is 0.333. The van der Waals surface area contributed by atoms with Gasteiger partial charge in [0.05, 0.1) is 19.1 Å². The molecular formula is C24H26N2O4. The second kappa shape index (κ2) is 9.03. The number of hydrogen-bond donors (Lipinski definition) is 1. The molecular weight excluding hydrogens is 380 g/mol. The molecule has 0 aliphatic heterocycles. The van der Waals surface area contributed by atoms with Gasteiger partial charge in [-0.25, -0.2) is 0 Å². The van der Waals surface area contributed by atoms with Gasteiger partial charge < -0.3 is 19.1 Å². The van der Waals surface area contributed by atoms with Crippen molar-refractivity contribution in [3.63, 3.8) is 0 Å². The highest BCUT2D eigenvalue weighted by Crippen LogP contribution is 2.28. The van der Waals surface area contributed by atoms with Crippen LogP contribution in [-0.4, -0.2) is 22.8 Å². The van der Waals surface area contributed by atoms with E-state index in [0.29, 0.717) is 5.76 Å². The zero-order chi connectivity index (χ0) is 20.9. The molecule has 156 valence electrons. The molecule has 1 fully saturated rings. The monoisotopic (exact) mass is 406 g/mol. The third-order valence-corrected chi connectivity index (χ3v) is 5.55. The fourth-order valence-electron chi connectivity index (χ4n) is 3.96. The maximum absolute atomic E-state index is 13.5. The largest absolute Gasteiger partial charge is 0.467 e. The molecule has 3 aromatic rings. The molecule has 1 atom stereocenters. The number of rotatable bonds is 7. The van der Waals surface area contributed by atoms with E-state index in [-0.39, 0.29) is 30.2 Å². The van der Waals surface area contributed by atoms with Crippen molar-refractivity contribution in [2.75, 3.05) is 0 Å².